The van der Waals surface area contributed by atoms with Crippen molar-refractivity contribution in [1.82, 2.24) is 9.78 Å². The Morgan fingerprint density at radius 2 is 2.30 bits per heavy atom. The Hall–Kier alpha value is -1.93. The number of carbonyl (C=O) groups excluding carboxylic acids is 1. The van der Waals surface area contributed by atoms with E-state index in [2.05, 4.69) is 26.3 Å². The monoisotopic (exact) mass is 358 g/mol. The molecule has 0 aliphatic rings. The van der Waals surface area contributed by atoms with Gasteiger partial charge in [0, 0.05) is 18.0 Å². The molecule has 7 nitrogen and oxygen atoms in total. The molecule has 0 spiro atoms. The standard InChI is InChI=1S/C11H8BrClN4O3/c12-7-4-14-16(5-7)6-11(18)15-8-1-2-9(13)10(3-8)17(19)20/h1-5H,6H2,(H,15,18). The van der Waals surface area contributed by atoms with E-state index in [0.29, 0.717) is 5.69 Å². The van der Waals surface area contributed by atoms with E-state index >= 15 is 0 Å². The number of nitrogens with zero attached hydrogens (tertiary/aromatic N) is 3. The summed E-state index contributed by atoms with van der Waals surface area (Å²) in [6.45, 7) is 0.00201. The zero-order chi connectivity index (χ0) is 14.7. The lowest BCUT2D eigenvalue weighted by Crippen LogP contribution is -2.19. The van der Waals surface area contributed by atoms with Crippen LogP contribution in [0.25, 0.3) is 0 Å². The van der Waals surface area contributed by atoms with Crippen molar-refractivity contribution in [1.29, 1.82) is 0 Å². The fourth-order valence-electron chi connectivity index (χ4n) is 1.50. The molecule has 1 aromatic carbocycles. The van der Waals surface area contributed by atoms with Crippen LogP contribution in [-0.2, 0) is 11.3 Å². The molecule has 0 aliphatic carbocycles. The fraction of sp³-hybridized carbons (Fsp3) is 0.0909. The topological polar surface area (TPSA) is 90.1 Å². The maximum Gasteiger partial charge on any atom is 0.289 e. The van der Waals surface area contributed by atoms with Gasteiger partial charge in [-0.25, -0.2) is 0 Å². The molecule has 0 aliphatic heterocycles. The first-order valence-electron chi connectivity index (χ1n) is 5.37. The molecule has 104 valence electrons. The van der Waals surface area contributed by atoms with Crippen molar-refractivity contribution < 1.29 is 9.72 Å². The molecule has 1 aromatic heterocycles. The Morgan fingerprint density at radius 3 is 2.90 bits per heavy atom. The van der Waals surface area contributed by atoms with Crippen LogP contribution in [0.2, 0.25) is 5.02 Å². The number of aromatic nitrogens is 2. The molecule has 0 atom stereocenters. The number of amides is 1. The maximum atomic E-state index is 11.8. The minimum absolute atomic E-state index is 0.00201. The molecular weight excluding hydrogens is 352 g/mol. The van der Waals surface area contributed by atoms with Gasteiger partial charge in [-0.2, -0.15) is 5.10 Å². The van der Waals surface area contributed by atoms with E-state index in [1.807, 2.05) is 0 Å². The second-order valence-corrected chi connectivity index (χ2v) is 5.15. The van der Waals surface area contributed by atoms with Gasteiger partial charge in [-0.1, -0.05) is 11.6 Å². The third kappa shape index (κ3) is 3.55. The summed E-state index contributed by atoms with van der Waals surface area (Å²) in [6, 6.07) is 4.06. The number of anilines is 1. The van der Waals surface area contributed by atoms with E-state index < -0.39 is 4.92 Å². The highest BCUT2D eigenvalue weighted by Crippen LogP contribution is 2.27. The van der Waals surface area contributed by atoms with Gasteiger partial charge in [-0.15, -0.1) is 0 Å². The Morgan fingerprint density at radius 1 is 1.55 bits per heavy atom. The molecule has 0 fully saturated rings. The molecule has 20 heavy (non-hydrogen) atoms. The summed E-state index contributed by atoms with van der Waals surface area (Å²) in [4.78, 5) is 21.9. The number of nitrogens with one attached hydrogen (secondary N) is 1. The molecular formula is C11H8BrClN4O3. The quantitative estimate of drug-likeness (QED) is 0.671. The van der Waals surface area contributed by atoms with Crippen LogP contribution in [0.5, 0.6) is 0 Å². The SMILES string of the molecule is O=C(Cn1cc(Br)cn1)Nc1ccc(Cl)c([N+](=O)[O-])c1. The number of nitro benzene ring substituents is 1. The summed E-state index contributed by atoms with van der Waals surface area (Å²) in [5.41, 5.74) is 0.0450. The predicted molar refractivity (Wildman–Crippen MR) is 76.7 cm³/mol. The predicted octanol–water partition coefficient (Wildman–Crippen LogP) is 2.85. The van der Waals surface area contributed by atoms with Gasteiger partial charge in [0.05, 0.1) is 15.6 Å². The van der Waals surface area contributed by atoms with E-state index in [9.17, 15) is 14.9 Å². The lowest BCUT2D eigenvalue weighted by molar-refractivity contribution is -0.384. The van der Waals surface area contributed by atoms with Crippen LogP contribution in [-0.4, -0.2) is 20.6 Å². The molecule has 2 aromatic rings. The lowest BCUT2D eigenvalue weighted by Gasteiger charge is -2.05. The number of rotatable bonds is 4. The Kier molecular flexibility index (Phi) is 4.35. The summed E-state index contributed by atoms with van der Waals surface area (Å²) >= 11 is 8.90. The second kappa shape index (κ2) is 6.02. The normalized spacial score (nSPS) is 10.3. The van der Waals surface area contributed by atoms with Gasteiger partial charge >= 0.3 is 0 Å². The number of halogens is 2. The van der Waals surface area contributed by atoms with Crippen molar-refractivity contribution >= 4 is 44.8 Å². The summed E-state index contributed by atoms with van der Waals surface area (Å²) in [6.07, 6.45) is 3.20. The maximum absolute atomic E-state index is 11.8. The highest BCUT2D eigenvalue weighted by atomic mass is 79.9. The molecule has 2 rings (SSSR count). The largest absolute Gasteiger partial charge is 0.324 e. The Bertz CT molecular complexity index is 673. The zero-order valence-electron chi connectivity index (χ0n) is 9.92. The van der Waals surface area contributed by atoms with Crippen molar-refractivity contribution in [2.45, 2.75) is 6.54 Å². The minimum Gasteiger partial charge on any atom is -0.324 e. The molecule has 1 amide bonds. The smallest absolute Gasteiger partial charge is 0.289 e. The molecule has 0 bridgehead atoms. The van der Waals surface area contributed by atoms with Crippen molar-refractivity contribution in [3.8, 4) is 0 Å². The molecule has 1 N–H and O–H groups in total. The van der Waals surface area contributed by atoms with Gasteiger partial charge in [0.2, 0.25) is 5.91 Å². The number of hydrogen-bond acceptors (Lipinski definition) is 4. The average molecular weight is 360 g/mol. The van der Waals surface area contributed by atoms with Crippen LogP contribution >= 0.6 is 27.5 Å². The van der Waals surface area contributed by atoms with Gasteiger partial charge in [-0.3, -0.25) is 19.6 Å². The van der Waals surface area contributed by atoms with Gasteiger partial charge in [-0.05, 0) is 28.1 Å². The average Bonchev–Trinajstić information content (AvgIpc) is 2.76. The zero-order valence-corrected chi connectivity index (χ0v) is 12.3. The van der Waals surface area contributed by atoms with Crippen molar-refractivity contribution in [2.24, 2.45) is 0 Å². The van der Waals surface area contributed by atoms with E-state index in [1.165, 1.54) is 22.9 Å². The van der Waals surface area contributed by atoms with E-state index in [4.69, 9.17) is 11.6 Å². The molecule has 0 radical (unpaired) electrons. The number of hydrogen-bond donors (Lipinski definition) is 1. The Labute approximate surface area is 126 Å². The summed E-state index contributed by atoms with van der Waals surface area (Å²) in [7, 11) is 0. The van der Waals surface area contributed by atoms with Gasteiger partial charge < -0.3 is 5.32 Å². The second-order valence-electron chi connectivity index (χ2n) is 3.83. The molecule has 0 saturated heterocycles. The highest BCUT2D eigenvalue weighted by Gasteiger charge is 2.14. The van der Waals surface area contributed by atoms with Crippen LogP contribution in [0.3, 0.4) is 0 Å². The number of nitro groups is 1. The third-order valence-electron chi connectivity index (χ3n) is 2.33. The van der Waals surface area contributed by atoms with Crippen molar-refractivity contribution in [3.05, 3.63) is 50.2 Å². The van der Waals surface area contributed by atoms with Gasteiger partial charge in [0.25, 0.3) is 5.69 Å². The van der Waals surface area contributed by atoms with Crippen LogP contribution in [0, 0.1) is 10.1 Å². The van der Waals surface area contributed by atoms with Crippen molar-refractivity contribution in [2.75, 3.05) is 5.32 Å². The minimum atomic E-state index is -0.609. The summed E-state index contributed by atoms with van der Waals surface area (Å²) < 4.78 is 2.19. The van der Waals surface area contributed by atoms with Gasteiger partial charge in [0.1, 0.15) is 11.6 Å². The van der Waals surface area contributed by atoms with Crippen LogP contribution in [0.4, 0.5) is 11.4 Å². The highest BCUT2D eigenvalue weighted by molar-refractivity contribution is 9.10. The first kappa shape index (κ1) is 14.5. The van der Waals surface area contributed by atoms with E-state index in [1.54, 1.807) is 12.4 Å². The van der Waals surface area contributed by atoms with Crippen LogP contribution in [0.1, 0.15) is 0 Å². The summed E-state index contributed by atoms with van der Waals surface area (Å²) in [5.74, 6) is -0.350. The lowest BCUT2D eigenvalue weighted by atomic mass is 10.3. The fourth-order valence-corrected chi connectivity index (χ4v) is 2.02. The van der Waals surface area contributed by atoms with Crippen LogP contribution in [0.15, 0.2) is 35.1 Å². The van der Waals surface area contributed by atoms with E-state index in [-0.39, 0.29) is 23.2 Å². The van der Waals surface area contributed by atoms with Gasteiger partial charge in [0.15, 0.2) is 0 Å². The number of carbonyl (C=O) groups is 1. The summed E-state index contributed by atoms with van der Waals surface area (Å²) in [5, 5.41) is 17.2. The van der Waals surface area contributed by atoms with Crippen LogP contribution < -0.4 is 5.32 Å². The molecule has 1 heterocycles. The van der Waals surface area contributed by atoms with E-state index in [0.717, 1.165) is 4.47 Å². The first-order valence-corrected chi connectivity index (χ1v) is 6.54. The molecule has 0 unspecified atom stereocenters. The number of benzene rings is 1. The molecule has 9 heteroatoms. The first-order chi connectivity index (χ1) is 9.45. The third-order valence-corrected chi connectivity index (χ3v) is 3.06. The Balaban J connectivity index is 2.08. The van der Waals surface area contributed by atoms with Crippen molar-refractivity contribution in [3.63, 3.8) is 0 Å². The molecule has 0 saturated carbocycles.